The predicted molar refractivity (Wildman–Crippen MR) is 78.2 cm³/mol. The molecular weight excluding hydrogens is 236 g/mol. The normalized spacial score (nSPS) is 16.7. The number of aromatic amines is 1. The molecule has 3 heteroatoms. The van der Waals surface area contributed by atoms with Crippen LogP contribution in [0.15, 0.2) is 35.1 Å². The van der Waals surface area contributed by atoms with Crippen LogP contribution in [-0.4, -0.2) is 11.5 Å². The molecule has 0 aliphatic heterocycles. The summed E-state index contributed by atoms with van der Waals surface area (Å²) in [4.78, 5) is 14.9. The van der Waals surface area contributed by atoms with Crippen molar-refractivity contribution in [3.8, 4) is 0 Å². The van der Waals surface area contributed by atoms with E-state index in [9.17, 15) is 4.79 Å². The molecule has 0 atom stereocenters. The number of fused-ring (bicyclic) bond motifs is 1. The molecule has 0 amide bonds. The van der Waals surface area contributed by atoms with Crippen molar-refractivity contribution in [2.45, 2.75) is 32.7 Å². The van der Waals surface area contributed by atoms with Crippen LogP contribution in [0.25, 0.3) is 10.9 Å². The van der Waals surface area contributed by atoms with Gasteiger partial charge in [0.25, 0.3) is 5.56 Å². The molecule has 3 nitrogen and oxygen atoms in total. The van der Waals surface area contributed by atoms with Crippen molar-refractivity contribution in [1.29, 1.82) is 0 Å². The molecule has 1 aromatic carbocycles. The first-order valence-electron chi connectivity index (χ1n) is 7.04. The van der Waals surface area contributed by atoms with Gasteiger partial charge in [0.15, 0.2) is 0 Å². The van der Waals surface area contributed by atoms with Gasteiger partial charge in [0.2, 0.25) is 0 Å². The molecular formula is C16H20N2O. The van der Waals surface area contributed by atoms with Gasteiger partial charge in [-0.05, 0) is 42.2 Å². The third kappa shape index (κ3) is 2.56. The minimum absolute atomic E-state index is 0.0209. The fourth-order valence-electron chi connectivity index (χ4n) is 2.62. The maximum absolute atomic E-state index is 12.0. The molecule has 1 fully saturated rings. The second kappa shape index (κ2) is 4.82. The summed E-state index contributed by atoms with van der Waals surface area (Å²) in [7, 11) is 0. The van der Waals surface area contributed by atoms with Crippen LogP contribution in [0.5, 0.6) is 0 Å². The van der Waals surface area contributed by atoms with E-state index < -0.39 is 0 Å². The smallest absolute Gasteiger partial charge is 0.252 e. The molecule has 0 spiro atoms. The second-order valence-electron chi connectivity index (χ2n) is 5.67. The van der Waals surface area contributed by atoms with Crippen molar-refractivity contribution in [1.82, 2.24) is 10.3 Å². The molecule has 0 bridgehead atoms. The summed E-state index contributed by atoms with van der Waals surface area (Å²) >= 11 is 0. The molecule has 0 saturated heterocycles. The van der Waals surface area contributed by atoms with Crippen LogP contribution >= 0.6 is 0 Å². The van der Waals surface area contributed by atoms with Gasteiger partial charge in [-0.15, -0.1) is 0 Å². The lowest BCUT2D eigenvalue weighted by atomic mass is 10.0. The Labute approximate surface area is 113 Å². The highest BCUT2D eigenvalue weighted by molar-refractivity contribution is 5.78. The molecule has 1 aliphatic carbocycles. The lowest BCUT2D eigenvalue weighted by molar-refractivity contribution is 0.443. The topological polar surface area (TPSA) is 44.9 Å². The highest BCUT2D eigenvalue weighted by Crippen LogP contribution is 2.47. The Bertz CT molecular complexity index is 640. The zero-order valence-corrected chi connectivity index (χ0v) is 11.3. The standard InChI is InChI=1S/C16H20N2O/c1-2-16(7-8-16)11-17-10-13-9-12-5-3-4-6-14(12)18-15(13)19/h3-6,9,17H,2,7-8,10-11H2,1H3,(H,18,19). The fraction of sp³-hybridized carbons (Fsp3) is 0.438. The Hall–Kier alpha value is -1.61. The number of aromatic nitrogens is 1. The summed E-state index contributed by atoms with van der Waals surface area (Å²) in [6.07, 6.45) is 3.88. The van der Waals surface area contributed by atoms with Gasteiger partial charge in [-0.1, -0.05) is 25.1 Å². The van der Waals surface area contributed by atoms with Gasteiger partial charge in [0.1, 0.15) is 0 Å². The average Bonchev–Trinajstić information content (AvgIpc) is 3.20. The first-order chi connectivity index (χ1) is 9.22. The minimum Gasteiger partial charge on any atom is -0.322 e. The molecule has 100 valence electrons. The van der Waals surface area contributed by atoms with E-state index in [-0.39, 0.29) is 5.56 Å². The Kier molecular flexibility index (Phi) is 3.15. The minimum atomic E-state index is 0.0209. The number of hydrogen-bond donors (Lipinski definition) is 2. The van der Waals surface area contributed by atoms with E-state index in [0.29, 0.717) is 12.0 Å². The average molecular weight is 256 g/mol. The largest absolute Gasteiger partial charge is 0.322 e. The van der Waals surface area contributed by atoms with Crippen LogP contribution < -0.4 is 10.9 Å². The number of para-hydroxylation sites is 1. The van der Waals surface area contributed by atoms with Crippen molar-refractivity contribution in [3.05, 3.63) is 46.2 Å². The molecule has 2 N–H and O–H groups in total. The third-order valence-corrected chi connectivity index (χ3v) is 4.35. The highest BCUT2D eigenvalue weighted by Gasteiger charge is 2.39. The molecule has 1 aliphatic rings. The van der Waals surface area contributed by atoms with Crippen LogP contribution in [0, 0.1) is 5.41 Å². The Morgan fingerprint density at radius 1 is 1.32 bits per heavy atom. The van der Waals surface area contributed by atoms with Crippen LogP contribution in [0.2, 0.25) is 0 Å². The molecule has 2 aromatic rings. The van der Waals surface area contributed by atoms with Crippen molar-refractivity contribution < 1.29 is 0 Å². The van der Waals surface area contributed by atoms with Gasteiger partial charge in [0, 0.05) is 24.2 Å². The Morgan fingerprint density at radius 3 is 2.84 bits per heavy atom. The SMILES string of the molecule is CCC1(CNCc2cc3ccccc3[nH]c2=O)CC1. The Morgan fingerprint density at radius 2 is 2.11 bits per heavy atom. The number of pyridine rings is 1. The molecule has 3 rings (SSSR count). The van der Waals surface area contributed by atoms with Gasteiger partial charge in [-0.3, -0.25) is 4.79 Å². The van der Waals surface area contributed by atoms with Gasteiger partial charge in [-0.25, -0.2) is 0 Å². The number of nitrogens with one attached hydrogen (secondary N) is 2. The van der Waals surface area contributed by atoms with E-state index in [1.807, 2.05) is 30.3 Å². The number of hydrogen-bond acceptors (Lipinski definition) is 2. The number of H-pyrrole nitrogens is 1. The van der Waals surface area contributed by atoms with Crippen molar-refractivity contribution in [3.63, 3.8) is 0 Å². The second-order valence-corrected chi connectivity index (χ2v) is 5.67. The monoisotopic (exact) mass is 256 g/mol. The molecule has 0 radical (unpaired) electrons. The summed E-state index contributed by atoms with van der Waals surface area (Å²) in [5.74, 6) is 0. The van der Waals surface area contributed by atoms with Crippen LogP contribution in [0.1, 0.15) is 31.7 Å². The first kappa shape index (κ1) is 12.4. The lowest BCUT2D eigenvalue weighted by Gasteiger charge is -2.13. The van der Waals surface area contributed by atoms with E-state index in [4.69, 9.17) is 0 Å². The fourth-order valence-corrected chi connectivity index (χ4v) is 2.62. The van der Waals surface area contributed by atoms with E-state index >= 15 is 0 Å². The van der Waals surface area contributed by atoms with E-state index in [1.165, 1.54) is 19.3 Å². The van der Waals surface area contributed by atoms with Crippen molar-refractivity contribution in [2.24, 2.45) is 5.41 Å². The van der Waals surface area contributed by atoms with Gasteiger partial charge in [-0.2, -0.15) is 0 Å². The third-order valence-electron chi connectivity index (χ3n) is 4.35. The predicted octanol–water partition coefficient (Wildman–Crippen LogP) is 2.81. The van der Waals surface area contributed by atoms with Gasteiger partial charge < -0.3 is 10.3 Å². The van der Waals surface area contributed by atoms with Gasteiger partial charge >= 0.3 is 0 Å². The quantitative estimate of drug-likeness (QED) is 0.864. The molecule has 1 heterocycles. The zero-order valence-electron chi connectivity index (χ0n) is 11.3. The molecule has 0 unspecified atom stereocenters. The molecule has 1 aromatic heterocycles. The molecule has 19 heavy (non-hydrogen) atoms. The maximum Gasteiger partial charge on any atom is 0.252 e. The van der Waals surface area contributed by atoms with Crippen molar-refractivity contribution >= 4 is 10.9 Å². The molecule has 1 saturated carbocycles. The van der Waals surface area contributed by atoms with E-state index in [1.54, 1.807) is 0 Å². The van der Waals surface area contributed by atoms with Crippen LogP contribution in [-0.2, 0) is 6.54 Å². The summed E-state index contributed by atoms with van der Waals surface area (Å²) in [6, 6.07) is 9.89. The number of benzene rings is 1. The summed E-state index contributed by atoms with van der Waals surface area (Å²) in [6.45, 7) is 3.93. The summed E-state index contributed by atoms with van der Waals surface area (Å²) in [5.41, 5.74) is 2.27. The van der Waals surface area contributed by atoms with E-state index in [2.05, 4.69) is 17.2 Å². The van der Waals surface area contributed by atoms with Crippen molar-refractivity contribution in [2.75, 3.05) is 6.54 Å². The lowest BCUT2D eigenvalue weighted by Crippen LogP contribution is -2.26. The zero-order chi connectivity index (χ0) is 13.3. The first-order valence-corrected chi connectivity index (χ1v) is 7.04. The van der Waals surface area contributed by atoms with Gasteiger partial charge in [0.05, 0.1) is 0 Å². The maximum atomic E-state index is 12.0. The Balaban J connectivity index is 1.73. The highest BCUT2D eigenvalue weighted by atomic mass is 16.1. The number of rotatable bonds is 5. The summed E-state index contributed by atoms with van der Waals surface area (Å²) < 4.78 is 0. The van der Waals surface area contributed by atoms with E-state index in [0.717, 1.165) is 23.0 Å². The van der Waals surface area contributed by atoms with Crippen LogP contribution in [0.3, 0.4) is 0 Å². The van der Waals surface area contributed by atoms with Crippen LogP contribution in [0.4, 0.5) is 0 Å². The summed E-state index contributed by atoms with van der Waals surface area (Å²) in [5, 5.41) is 4.53.